The molecule has 9 heteroatoms. The summed E-state index contributed by atoms with van der Waals surface area (Å²) < 4.78 is 84.6. The van der Waals surface area contributed by atoms with Gasteiger partial charge in [-0.15, -0.1) is 0 Å². The van der Waals surface area contributed by atoms with E-state index in [2.05, 4.69) is 4.98 Å². The zero-order valence-corrected chi connectivity index (χ0v) is 13.4. The summed E-state index contributed by atoms with van der Waals surface area (Å²) in [6.45, 7) is 1.28. The van der Waals surface area contributed by atoms with E-state index >= 15 is 0 Å². The molecule has 3 nitrogen and oxygen atoms in total. The molecule has 0 saturated heterocycles. The Morgan fingerprint density at radius 2 is 1.69 bits per heavy atom. The van der Waals surface area contributed by atoms with Crippen molar-refractivity contribution in [2.24, 2.45) is 0 Å². The first kappa shape index (κ1) is 19.6. The van der Waals surface area contributed by atoms with Gasteiger partial charge in [-0.1, -0.05) is 6.07 Å². The van der Waals surface area contributed by atoms with Crippen LogP contribution in [-0.4, -0.2) is 17.8 Å². The summed E-state index contributed by atoms with van der Waals surface area (Å²) >= 11 is 0. The van der Waals surface area contributed by atoms with Gasteiger partial charge in [-0.25, -0.2) is 0 Å². The first-order valence-electron chi connectivity index (χ1n) is 7.24. The lowest BCUT2D eigenvalue weighted by atomic mass is 10.2. The maximum atomic E-state index is 12.7. The molecule has 0 saturated carbocycles. The zero-order valence-electron chi connectivity index (χ0n) is 13.4. The van der Waals surface area contributed by atoms with E-state index < -0.39 is 17.9 Å². The number of rotatable bonds is 5. The molecule has 1 aromatic heterocycles. The monoisotopic (exact) mass is 377 g/mol. The highest BCUT2D eigenvalue weighted by Crippen LogP contribution is 2.32. The number of pyridine rings is 1. The van der Waals surface area contributed by atoms with Gasteiger partial charge in [0.25, 0.3) is 0 Å². The van der Waals surface area contributed by atoms with Crippen LogP contribution in [0.3, 0.4) is 0 Å². The number of ether oxygens (including phenoxy) is 2. The third-order valence-corrected chi connectivity index (χ3v) is 2.94. The molecule has 26 heavy (non-hydrogen) atoms. The lowest BCUT2D eigenvalue weighted by Crippen LogP contribution is -2.05. The van der Waals surface area contributed by atoms with E-state index in [0.717, 1.165) is 18.2 Å². The normalized spacial score (nSPS) is 12.4. The van der Waals surface area contributed by atoms with Crippen LogP contribution in [0.1, 0.15) is 11.1 Å². The first-order chi connectivity index (χ1) is 12.0. The van der Waals surface area contributed by atoms with Gasteiger partial charge in [0.2, 0.25) is 11.8 Å². The molecule has 0 spiro atoms. The summed E-state index contributed by atoms with van der Waals surface area (Å²) in [7, 11) is 0. The molecule has 0 aliphatic carbocycles. The number of aryl methyl sites for hydroxylation is 1. The van der Waals surface area contributed by atoms with Crippen molar-refractivity contribution in [2.75, 3.05) is 6.61 Å². The lowest BCUT2D eigenvalue weighted by molar-refractivity contribution is -0.137. The Kier molecular flexibility index (Phi) is 5.79. The number of alkyl halides is 6. The van der Waals surface area contributed by atoms with E-state index in [0.29, 0.717) is 5.56 Å². The van der Waals surface area contributed by atoms with Gasteiger partial charge in [-0.05, 0) is 36.8 Å². The maximum Gasteiger partial charge on any atom is 0.416 e. The second-order valence-electron chi connectivity index (χ2n) is 5.20. The van der Waals surface area contributed by atoms with Gasteiger partial charge in [-0.2, -0.15) is 31.3 Å². The summed E-state index contributed by atoms with van der Waals surface area (Å²) in [5, 5.41) is 0. The maximum absolute atomic E-state index is 12.7. The molecule has 140 valence electrons. The van der Waals surface area contributed by atoms with Crippen molar-refractivity contribution in [3.05, 3.63) is 59.7 Å². The summed E-state index contributed by atoms with van der Waals surface area (Å²) in [5.41, 5.74) is -0.270. The average Bonchev–Trinajstić information content (AvgIpc) is 2.50. The van der Waals surface area contributed by atoms with Crippen LogP contribution in [0.2, 0.25) is 0 Å². The van der Waals surface area contributed by atoms with Crippen molar-refractivity contribution in [1.82, 2.24) is 4.98 Å². The van der Waals surface area contributed by atoms with Crippen LogP contribution in [0.25, 0.3) is 0 Å². The van der Waals surface area contributed by atoms with Gasteiger partial charge in [-0.3, -0.25) is 0 Å². The first-order valence-corrected chi connectivity index (χ1v) is 7.24. The number of allylic oxidation sites excluding steroid dienone is 1. The van der Waals surface area contributed by atoms with Crippen molar-refractivity contribution in [1.29, 1.82) is 0 Å². The number of nitrogens with zero attached hydrogens (tertiary/aromatic N) is 1. The Labute approximate surface area is 144 Å². The Balaban J connectivity index is 2.11. The molecule has 2 rings (SSSR count). The summed E-state index contributed by atoms with van der Waals surface area (Å²) in [6.07, 6.45) is -8.15. The highest BCUT2D eigenvalue weighted by Gasteiger charge is 2.30. The second kappa shape index (κ2) is 7.67. The molecule has 1 heterocycles. The molecule has 1 aromatic carbocycles. The number of aromatic nitrogens is 1. The lowest BCUT2D eigenvalue weighted by Gasteiger charge is -2.11. The molecule has 0 unspecified atom stereocenters. The van der Waals surface area contributed by atoms with E-state index in [-0.39, 0.29) is 30.2 Å². The third-order valence-electron chi connectivity index (χ3n) is 2.94. The molecule has 0 fully saturated rings. The Bertz CT molecular complexity index is 784. The zero-order chi connectivity index (χ0) is 19.4. The van der Waals surface area contributed by atoms with Crippen LogP contribution < -0.4 is 9.47 Å². The quantitative estimate of drug-likeness (QED) is 0.495. The fourth-order valence-corrected chi connectivity index (χ4v) is 1.90. The molecule has 0 atom stereocenters. The van der Waals surface area contributed by atoms with Crippen molar-refractivity contribution < 1.29 is 35.8 Å². The van der Waals surface area contributed by atoms with E-state index in [1.165, 1.54) is 24.3 Å². The van der Waals surface area contributed by atoms with Gasteiger partial charge in [0.1, 0.15) is 12.4 Å². The molecule has 0 aliphatic rings. The molecule has 0 aliphatic heterocycles. The Morgan fingerprint density at radius 3 is 2.35 bits per heavy atom. The van der Waals surface area contributed by atoms with Crippen LogP contribution in [0, 0.1) is 6.92 Å². The molecule has 0 N–H and O–H groups in total. The smallest absolute Gasteiger partial charge is 0.416 e. The van der Waals surface area contributed by atoms with Crippen LogP contribution in [0.4, 0.5) is 26.3 Å². The largest absolute Gasteiger partial charge is 0.473 e. The van der Waals surface area contributed by atoms with Crippen LogP contribution in [0.15, 0.2) is 48.6 Å². The van der Waals surface area contributed by atoms with Gasteiger partial charge >= 0.3 is 12.4 Å². The highest BCUT2D eigenvalue weighted by atomic mass is 19.4. The van der Waals surface area contributed by atoms with Crippen molar-refractivity contribution >= 4 is 0 Å². The molecule has 0 amide bonds. The molecular weight excluding hydrogens is 364 g/mol. The van der Waals surface area contributed by atoms with Crippen molar-refractivity contribution in [2.45, 2.75) is 19.3 Å². The van der Waals surface area contributed by atoms with Gasteiger partial charge < -0.3 is 9.47 Å². The summed E-state index contributed by atoms with van der Waals surface area (Å²) in [6, 6.07) is 7.15. The van der Waals surface area contributed by atoms with Crippen LogP contribution >= 0.6 is 0 Å². The van der Waals surface area contributed by atoms with E-state index in [4.69, 9.17) is 9.47 Å². The topological polar surface area (TPSA) is 31.4 Å². The molecular formula is C17H13F6NO2. The predicted molar refractivity (Wildman–Crippen MR) is 81.2 cm³/mol. The molecule has 2 aromatic rings. The van der Waals surface area contributed by atoms with E-state index in [1.807, 2.05) is 0 Å². The van der Waals surface area contributed by atoms with Crippen LogP contribution in [0.5, 0.6) is 17.5 Å². The predicted octanol–water partition coefficient (Wildman–Crippen LogP) is 5.70. The van der Waals surface area contributed by atoms with Gasteiger partial charge in [0.15, 0.2) is 0 Å². The van der Waals surface area contributed by atoms with E-state index in [1.54, 1.807) is 6.92 Å². The minimum atomic E-state index is -4.52. The average molecular weight is 377 g/mol. The molecule has 0 bridgehead atoms. The third kappa shape index (κ3) is 6.30. The van der Waals surface area contributed by atoms with Crippen molar-refractivity contribution in [3.8, 4) is 17.5 Å². The highest BCUT2D eigenvalue weighted by molar-refractivity contribution is 5.35. The fourth-order valence-electron chi connectivity index (χ4n) is 1.90. The minimum absolute atomic E-state index is 0.0150. The minimum Gasteiger partial charge on any atom is -0.473 e. The number of halogens is 6. The van der Waals surface area contributed by atoms with Gasteiger partial charge in [0, 0.05) is 18.2 Å². The Morgan fingerprint density at radius 1 is 1.00 bits per heavy atom. The SMILES string of the molecule is Cc1cc(OCC=CC(F)(F)F)nc(Oc2cccc(C(F)(F)F)c2)c1. The standard InChI is InChI=1S/C17H13F6NO2/c1-11-8-14(25-7-3-6-16(18,19)20)24-15(9-11)26-13-5-2-4-12(10-13)17(21,22)23/h2-6,8-10H,7H2,1H3. The summed E-state index contributed by atoms with van der Waals surface area (Å²) in [4.78, 5) is 3.91. The second-order valence-corrected chi connectivity index (χ2v) is 5.20. The Hall–Kier alpha value is -2.71. The van der Waals surface area contributed by atoms with Crippen LogP contribution in [-0.2, 0) is 6.18 Å². The van der Waals surface area contributed by atoms with E-state index in [9.17, 15) is 26.3 Å². The van der Waals surface area contributed by atoms with Gasteiger partial charge in [0.05, 0.1) is 5.56 Å². The number of hydrogen-bond acceptors (Lipinski definition) is 3. The summed E-state index contributed by atoms with van der Waals surface area (Å²) in [5.74, 6) is -0.140. The number of hydrogen-bond donors (Lipinski definition) is 0. The molecule has 0 radical (unpaired) electrons. The van der Waals surface area contributed by atoms with Crippen molar-refractivity contribution in [3.63, 3.8) is 0 Å². The number of benzene rings is 1. The fraction of sp³-hybridized carbons (Fsp3) is 0.235.